The van der Waals surface area contributed by atoms with Crippen molar-refractivity contribution in [2.24, 2.45) is 7.05 Å². The number of aryl methyl sites for hydroxylation is 1. The highest BCUT2D eigenvalue weighted by Gasteiger charge is 2.12. The maximum Gasteiger partial charge on any atom is 0.170 e. The van der Waals surface area contributed by atoms with E-state index in [2.05, 4.69) is 26.2 Å². The first-order valence-corrected chi connectivity index (χ1v) is 6.07. The van der Waals surface area contributed by atoms with Crippen molar-refractivity contribution >= 4 is 33.3 Å². The van der Waals surface area contributed by atoms with E-state index in [1.807, 2.05) is 0 Å². The Bertz CT molecular complexity index is 568. The normalized spacial score (nSPS) is 10.5. The lowest BCUT2D eigenvalue weighted by molar-refractivity contribution is 0.0991. The average Bonchev–Trinajstić information content (AvgIpc) is 2.63. The average molecular weight is 315 g/mol. The van der Waals surface area contributed by atoms with Crippen molar-refractivity contribution in [1.82, 2.24) is 15.0 Å². The maximum atomic E-state index is 12.0. The second-order valence-electron chi connectivity index (χ2n) is 3.61. The fraction of sp³-hybridized carbons (Fsp3) is 0.182. The Kier molecular flexibility index (Phi) is 3.59. The molecule has 0 amide bonds. The summed E-state index contributed by atoms with van der Waals surface area (Å²) in [6.45, 7) is 0. The number of carbonyl (C=O) groups excluding carboxylic acids is 1. The number of hydrogen-bond donors (Lipinski definition) is 0. The molecule has 0 saturated heterocycles. The predicted molar refractivity (Wildman–Crippen MR) is 68.2 cm³/mol. The Labute approximate surface area is 112 Å². The maximum absolute atomic E-state index is 12.0. The molecule has 2 rings (SSSR count). The summed E-state index contributed by atoms with van der Waals surface area (Å²) in [6.07, 6.45) is 1.95. The zero-order valence-corrected chi connectivity index (χ0v) is 11.4. The summed E-state index contributed by atoms with van der Waals surface area (Å²) in [5, 5.41) is 8.25. The second-order valence-corrected chi connectivity index (χ2v) is 4.90. The van der Waals surface area contributed by atoms with Crippen molar-refractivity contribution in [3.05, 3.63) is 45.1 Å². The SMILES string of the molecule is Cn1cc(CC(=O)c2ccc(Cl)cc2Br)nn1. The molecular weight excluding hydrogens is 305 g/mol. The molecule has 0 unspecified atom stereocenters. The van der Waals surface area contributed by atoms with Crippen LogP contribution in [0.2, 0.25) is 5.02 Å². The number of Topliss-reactive ketones (excluding diaryl/α,β-unsaturated/α-hetero) is 1. The van der Waals surface area contributed by atoms with Crippen molar-refractivity contribution in [3.63, 3.8) is 0 Å². The van der Waals surface area contributed by atoms with Crippen LogP contribution in [0.15, 0.2) is 28.9 Å². The molecule has 0 radical (unpaired) electrons. The van der Waals surface area contributed by atoms with Gasteiger partial charge in [0.1, 0.15) is 0 Å². The summed E-state index contributed by atoms with van der Waals surface area (Å²) in [6, 6.07) is 5.09. The highest BCUT2D eigenvalue weighted by molar-refractivity contribution is 9.10. The van der Waals surface area contributed by atoms with Gasteiger partial charge >= 0.3 is 0 Å². The smallest absolute Gasteiger partial charge is 0.170 e. The largest absolute Gasteiger partial charge is 0.294 e. The van der Waals surface area contributed by atoms with Crippen LogP contribution in [0.25, 0.3) is 0 Å². The molecule has 17 heavy (non-hydrogen) atoms. The minimum absolute atomic E-state index is 0.0194. The van der Waals surface area contributed by atoms with Crippen LogP contribution in [0.3, 0.4) is 0 Å². The first-order chi connectivity index (χ1) is 8.06. The molecular formula is C11H9BrClN3O. The first-order valence-electron chi connectivity index (χ1n) is 4.89. The van der Waals surface area contributed by atoms with Gasteiger partial charge in [0, 0.05) is 28.3 Å². The van der Waals surface area contributed by atoms with E-state index in [1.165, 1.54) is 0 Å². The first kappa shape index (κ1) is 12.3. The van der Waals surface area contributed by atoms with Gasteiger partial charge in [-0.05, 0) is 34.1 Å². The fourth-order valence-corrected chi connectivity index (χ4v) is 2.36. The number of aromatic nitrogens is 3. The van der Waals surface area contributed by atoms with Gasteiger partial charge in [-0.15, -0.1) is 5.10 Å². The highest BCUT2D eigenvalue weighted by atomic mass is 79.9. The van der Waals surface area contributed by atoms with Crippen LogP contribution in [-0.4, -0.2) is 20.8 Å². The molecule has 0 aliphatic rings. The summed E-state index contributed by atoms with van der Waals surface area (Å²) in [5.41, 5.74) is 1.25. The van der Waals surface area contributed by atoms with Crippen LogP contribution < -0.4 is 0 Å². The molecule has 88 valence electrons. The molecule has 0 spiro atoms. The summed E-state index contributed by atoms with van der Waals surface area (Å²) in [4.78, 5) is 12.0. The van der Waals surface area contributed by atoms with Gasteiger partial charge in [0.05, 0.1) is 12.1 Å². The number of rotatable bonds is 3. The van der Waals surface area contributed by atoms with Crippen LogP contribution in [-0.2, 0) is 13.5 Å². The zero-order chi connectivity index (χ0) is 12.4. The van der Waals surface area contributed by atoms with Gasteiger partial charge in [0.25, 0.3) is 0 Å². The molecule has 0 N–H and O–H groups in total. The molecule has 4 nitrogen and oxygen atoms in total. The zero-order valence-electron chi connectivity index (χ0n) is 9.02. The minimum Gasteiger partial charge on any atom is -0.294 e. The lowest BCUT2D eigenvalue weighted by Crippen LogP contribution is -2.04. The number of benzene rings is 1. The van der Waals surface area contributed by atoms with E-state index in [4.69, 9.17) is 11.6 Å². The quantitative estimate of drug-likeness (QED) is 0.818. The van der Waals surface area contributed by atoms with Crippen LogP contribution in [0, 0.1) is 0 Å². The van der Waals surface area contributed by atoms with Gasteiger partial charge in [-0.1, -0.05) is 16.8 Å². The topological polar surface area (TPSA) is 47.8 Å². The van der Waals surface area contributed by atoms with Gasteiger partial charge in [0.2, 0.25) is 0 Å². The molecule has 1 heterocycles. The van der Waals surface area contributed by atoms with Crippen molar-refractivity contribution in [2.45, 2.75) is 6.42 Å². The number of halogens is 2. The molecule has 0 atom stereocenters. The summed E-state index contributed by atoms with van der Waals surface area (Å²) >= 11 is 9.14. The van der Waals surface area contributed by atoms with Crippen molar-refractivity contribution in [2.75, 3.05) is 0 Å². The lowest BCUT2D eigenvalue weighted by Gasteiger charge is -2.02. The molecule has 0 aliphatic carbocycles. The molecule has 0 saturated carbocycles. The molecule has 1 aromatic heterocycles. The van der Waals surface area contributed by atoms with Gasteiger partial charge in [0.15, 0.2) is 5.78 Å². The third-order valence-electron chi connectivity index (χ3n) is 2.22. The van der Waals surface area contributed by atoms with E-state index < -0.39 is 0 Å². The van der Waals surface area contributed by atoms with Crippen LogP contribution in [0.5, 0.6) is 0 Å². The van der Waals surface area contributed by atoms with Crippen LogP contribution >= 0.6 is 27.5 Å². The Hall–Kier alpha value is -1.20. The van der Waals surface area contributed by atoms with Gasteiger partial charge in [-0.25, -0.2) is 0 Å². The summed E-state index contributed by atoms with van der Waals surface area (Å²) < 4.78 is 2.26. The molecule has 0 fully saturated rings. The standard InChI is InChI=1S/C11H9BrClN3O/c1-16-6-8(14-15-16)5-11(17)9-3-2-7(13)4-10(9)12/h2-4,6H,5H2,1H3. The van der Waals surface area contributed by atoms with E-state index in [1.54, 1.807) is 36.1 Å². The van der Waals surface area contributed by atoms with Crippen LogP contribution in [0.4, 0.5) is 0 Å². The summed E-state index contributed by atoms with van der Waals surface area (Å²) in [5.74, 6) is -0.0194. The van der Waals surface area contributed by atoms with Gasteiger partial charge < -0.3 is 0 Å². The van der Waals surface area contributed by atoms with Crippen LogP contribution in [0.1, 0.15) is 16.1 Å². The van der Waals surface area contributed by atoms with E-state index in [-0.39, 0.29) is 12.2 Å². The van der Waals surface area contributed by atoms with Crippen molar-refractivity contribution in [1.29, 1.82) is 0 Å². The second kappa shape index (κ2) is 4.98. The minimum atomic E-state index is -0.0194. The number of nitrogens with zero attached hydrogens (tertiary/aromatic N) is 3. The highest BCUT2D eigenvalue weighted by Crippen LogP contribution is 2.22. The van der Waals surface area contributed by atoms with Crippen molar-refractivity contribution < 1.29 is 4.79 Å². The third kappa shape index (κ3) is 2.92. The Morgan fingerprint density at radius 2 is 2.29 bits per heavy atom. The molecule has 1 aromatic carbocycles. The Balaban J connectivity index is 2.20. The molecule has 0 aliphatic heterocycles. The fourth-order valence-electron chi connectivity index (χ4n) is 1.45. The third-order valence-corrected chi connectivity index (χ3v) is 3.11. The monoisotopic (exact) mass is 313 g/mol. The predicted octanol–water partition coefficient (Wildman–Crippen LogP) is 2.66. The van der Waals surface area contributed by atoms with E-state index in [0.717, 1.165) is 0 Å². The van der Waals surface area contributed by atoms with Gasteiger partial charge in [-0.2, -0.15) is 0 Å². The molecule has 6 heteroatoms. The molecule has 0 bridgehead atoms. The Morgan fingerprint density at radius 3 is 2.88 bits per heavy atom. The number of hydrogen-bond acceptors (Lipinski definition) is 3. The summed E-state index contributed by atoms with van der Waals surface area (Å²) in [7, 11) is 1.76. The number of carbonyl (C=O) groups is 1. The number of ketones is 1. The lowest BCUT2D eigenvalue weighted by atomic mass is 10.1. The Morgan fingerprint density at radius 1 is 1.53 bits per heavy atom. The van der Waals surface area contributed by atoms with E-state index in [0.29, 0.717) is 20.8 Å². The van der Waals surface area contributed by atoms with E-state index >= 15 is 0 Å². The van der Waals surface area contributed by atoms with Crippen molar-refractivity contribution in [3.8, 4) is 0 Å². The van der Waals surface area contributed by atoms with E-state index in [9.17, 15) is 4.79 Å². The molecule has 2 aromatic rings. The van der Waals surface area contributed by atoms with Gasteiger partial charge in [-0.3, -0.25) is 9.48 Å².